The van der Waals surface area contributed by atoms with Crippen LogP contribution in [0.25, 0.3) is 0 Å². The molecular weight excluding hydrogens is 696 g/mol. The molecule has 0 aromatic heterocycles. The summed E-state index contributed by atoms with van der Waals surface area (Å²) in [6.07, 6.45) is 3.06. The molecule has 14 heteroatoms. The van der Waals surface area contributed by atoms with E-state index in [1.165, 1.54) is 0 Å². The number of carbonyl (C=O) groups is 4. The Bertz CT molecular complexity index is 1230. The highest BCUT2D eigenvalue weighted by atomic mass is 16.6. The van der Waals surface area contributed by atoms with Gasteiger partial charge in [0.1, 0.15) is 19.8 Å². The number of esters is 3. The Labute approximate surface area is 323 Å². The summed E-state index contributed by atoms with van der Waals surface area (Å²) in [5, 5.41) is 0. The SMILES string of the molecule is C=CC(=O)OCCOCC(CC)(COCCOC(=O)C=C)COCCOC(=O)CCN(C)CCN(C)c1ccc(C(=O)C(C)N(C)CCN(C)CC)cc1. The van der Waals surface area contributed by atoms with Gasteiger partial charge in [-0.3, -0.25) is 14.5 Å². The monoisotopic (exact) mass is 762 g/mol. The molecule has 0 spiro atoms. The van der Waals surface area contributed by atoms with Crippen LogP contribution < -0.4 is 4.90 Å². The number of ketones is 1. The summed E-state index contributed by atoms with van der Waals surface area (Å²) in [5.74, 6) is -1.25. The molecule has 1 rings (SSSR count). The number of carbonyl (C=O) groups excluding carboxylic acids is 4. The maximum absolute atomic E-state index is 13.1. The van der Waals surface area contributed by atoms with E-state index in [0.29, 0.717) is 18.5 Å². The zero-order chi connectivity index (χ0) is 40.4. The average Bonchev–Trinajstić information content (AvgIpc) is 3.19. The van der Waals surface area contributed by atoms with E-state index in [2.05, 4.69) is 46.7 Å². The Morgan fingerprint density at radius 2 is 1.19 bits per heavy atom. The lowest BCUT2D eigenvalue weighted by Crippen LogP contribution is -2.40. The summed E-state index contributed by atoms with van der Waals surface area (Å²) in [6, 6.07) is 7.53. The van der Waals surface area contributed by atoms with Crippen molar-refractivity contribution >= 4 is 29.4 Å². The Kier molecular flexibility index (Phi) is 24.9. The second kappa shape index (κ2) is 27.9. The third-order valence-electron chi connectivity index (χ3n) is 9.27. The topological polar surface area (TPSA) is 137 Å². The molecule has 1 aromatic rings. The Morgan fingerprint density at radius 3 is 1.67 bits per heavy atom. The molecule has 54 heavy (non-hydrogen) atoms. The molecule has 0 heterocycles. The molecular formula is C40H66N4O10. The number of hydrogen-bond donors (Lipinski definition) is 0. The van der Waals surface area contributed by atoms with Crippen LogP contribution in [0.2, 0.25) is 0 Å². The molecule has 1 unspecified atom stereocenters. The second-order valence-electron chi connectivity index (χ2n) is 13.4. The summed E-state index contributed by atoms with van der Waals surface area (Å²) in [4.78, 5) is 56.6. The molecule has 1 aromatic carbocycles. The average molecular weight is 763 g/mol. The van der Waals surface area contributed by atoms with Crippen LogP contribution in [-0.4, -0.2) is 171 Å². The first-order valence-electron chi connectivity index (χ1n) is 18.7. The quantitative estimate of drug-likeness (QED) is 0.0349. The van der Waals surface area contributed by atoms with Crippen molar-refractivity contribution in [2.45, 2.75) is 39.7 Å². The van der Waals surface area contributed by atoms with E-state index in [9.17, 15) is 19.2 Å². The first kappa shape index (κ1) is 48.4. The summed E-state index contributed by atoms with van der Waals surface area (Å²) < 4.78 is 32.8. The molecule has 0 radical (unpaired) electrons. The Balaban J connectivity index is 2.45. The molecule has 0 aliphatic rings. The summed E-state index contributed by atoms with van der Waals surface area (Å²) >= 11 is 0. The van der Waals surface area contributed by atoms with Gasteiger partial charge in [-0.15, -0.1) is 0 Å². The maximum Gasteiger partial charge on any atom is 0.330 e. The normalized spacial score (nSPS) is 12.1. The summed E-state index contributed by atoms with van der Waals surface area (Å²) in [7, 11) is 8.03. The second-order valence-corrected chi connectivity index (χ2v) is 13.4. The smallest absolute Gasteiger partial charge is 0.330 e. The zero-order valence-corrected chi connectivity index (χ0v) is 33.8. The van der Waals surface area contributed by atoms with Crippen molar-refractivity contribution in [1.29, 1.82) is 0 Å². The van der Waals surface area contributed by atoms with Gasteiger partial charge in [-0.1, -0.05) is 27.0 Å². The van der Waals surface area contributed by atoms with E-state index in [-0.39, 0.29) is 83.7 Å². The van der Waals surface area contributed by atoms with Crippen molar-refractivity contribution in [2.24, 2.45) is 5.41 Å². The van der Waals surface area contributed by atoms with Gasteiger partial charge < -0.3 is 43.1 Å². The van der Waals surface area contributed by atoms with Crippen LogP contribution in [0.4, 0.5) is 5.69 Å². The van der Waals surface area contributed by atoms with Gasteiger partial charge in [-0.25, -0.2) is 9.59 Å². The first-order chi connectivity index (χ1) is 25.8. The van der Waals surface area contributed by atoms with Crippen LogP contribution in [0.1, 0.15) is 44.0 Å². The van der Waals surface area contributed by atoms with Crippen molar-refractivity contribution in [3.63, 3.8) is 0 Å². The van der Waals surface area contributed by atoms with E-state index in [4.69, 9.17) is 28.4 Å². The number of benzene rings is 1. The minimum atomic E-state index is -0.537. The van der Waals surface area contributed by atoms with Gasteiger partial charge in [-0.05, 0) is 65.3 Å². The number of anilines is 1. The van der Waals surface area contributed by atoms with E-state index >= 15 is 0 Å². The number of likely N-dealkylation sites (N-methyl/N-ethyl adjacent to an activating group) is 4. The molecule has 0 fully saturated rings. The van der Waals surface area contributed by atoms with Crippen LogP contribution in [0.15, 0.2) is 49.6 Å². The molecule has 0 amide bonds. The highest BCUT2D eigenvalue weighted by Crippen LogP contribution is 2.24. The van der Waals surface area contributed by atoms with E-state index < -0.39 is 17.4 Å². The van der Waals surface area contributed by atoms with Gasteiger partial charge >= 0.3 is 17.9 Å². The van der Waals surface area contributed by atoms with Crippen LogP contribution in [0.3, 0.4) is 0 Å². The van der Waals surface area contributed by atoms with Gasteiger partial charge in [-0.2, -0.15) is 0 Å². The Morgan fingerprint density at radius 1 is 0.685 bits per heavy atom. The minimum Gasteiger partial charge on any atom is -0.463 e. The lowest BCUT2D eigenvalue weighted by Gasteiger charge is -2.32. The fraction of sp³-hybridized carbons (Fsp3) is 0.650. The molecule has 1 atom stereocenters. The van der Waals surface area contributed by atoms with Gasteiger partial charge in [0.25, 0.3) is 0 Å². The number of rotatable bonds is 32. The highest BCUT2D eigenvalue weighted by Gasteiger charge is 2.30. The van der Waals surface area contributed by atoms with Crippen molar-refractivity contribution in [3.05, 3.63) is 55.1 Å². The molecule has 0 bridgehead atoms. The maximum atomic E-state index is 13.1. The van der Waals surface area contributed by atoms with E-state index in [0.717, 1.165) is 50.6 Å². The largest absolute Gasteiger partial charge is 0.463 e. The summed E-state index contributed by atoms with van der Waals surface area (Å²) in [5.41, 5.74) is 1.18. The molecule has 0 aliphatic heterocycles. The van der Waals surface area contributed by atoms with Crippen LogP contribution in [-0.2, 0) is 42.8 Å². The van der Waals surface area contributed by atoms with Gasteiger partial charge in [0.05, 0.1) is 52.1 Å². The van der Waals surface area contributed by atoms with Crippen molar-refractivity contribution in [3.8, 4) is 0 Å². The van der Waals surface area contributed by atoms with Crippen LogP contribution in [0, 0.1) is 5.41 Å². The molecule has 0 aliphatic carbocycles. The fourth-order valence-electron chi connectivity index (χ4n) is 4.95. The molecule has 0 N–H and O–H groups in total. The van der Waals surface area contributed by atoms with E-state index in [1.807, 2.05) is 59.3 Å². The van der Waals surface area contributed by atoms with E-state index in [1.54, 1.807) is 0 Å². The van der Waals surface area contributed by atoms with Crippen molar-refractivity contribution < 1.29 is 47.6 Å². The van der Waals surface area contributed by atoms with Gasteiger partial charge in [0.2, 0.25) is 0 Å². The standard InChI is InChI=1S/C40H66N4O10/c1-10-36(45)52-27-24-49-30-40(12-3,31-50-25-28-53-37(46)11-2)32-51-26-29-54-38(47)18-19-42(7)21-23-44(9)35-16-14-34(15-17-35)39(48)33(5)43(8)22-20-41(6)13-4/h10-11,14-17,33H,1-2,12-13,18-32H2,3-9H3. The zero-order valence-electron chi connectivity index (χ0n) is 33.8. The highest BCUT2D eigenvalue weighted by molar-refractivity contribution is 6.00. The van der Waals surface area contributed by atoms with Crippen LogP contribution in [0.5, 0.6) is 0 Å². The predicted octanol–water partition coefficient (Wildman–Crippen LogP) is 3.35. The third-order valence-corrected chi connectivity index (χ3v) is 9.27. The number of hydrogen-bond acceptors (Lipinski definition) is 14. The number of Topliss-reactive ketones (excluding diaryl/α,β-unsaturated/α-hetero) is 1. The first-order valence-corrected chi connectivity index (χ1v) is 18.7. The number of ether oxygens (including phenoxy) is 6. The van der Waals surface area contributed by atoms with Crippen molar-refractivity contribution in [1.82, 2.24) is 14.7 Å². The fourth-order valence-corrected chi connectivity index (χ4v) is 4.95. The van der Waals surface area contributed by atoms with Gasteiger partial charge in [0, 0.05) is 68.6 Å². The third kappa shape index (κ3) is 20.1. The van der Waals surface area contributed by atoms with Crippen LogP contribution >= 0.6 is 0 Å². The summed E-state index contributed by atoms with van der Waals surface area (Å²) in [6.45, 7) is 19.1. The lowest BCUT2D eigenvalue weighted by molar-refractivity contribution is -0.146. The lowest BCUT2D eigenvalue weighted by atomic mass is 9.88. The molecule has 306 valence electrons. The minimum absolute atomic E-state index is 0.0818. The Hall–Kier alpha value is -3.66. The predicted molar refractivity (Wildman–Crippen MR) is 210 cm³/mol. The van der Waals surface area contributed by atoms with Gasteiger partial charge in [0.15, 0.2) is 5.78 Å². The van der Waals surface area contributed by atoms with Crippen molar-refractivity contribution in [2.75, 3.05) is 132 Å². The molecule has 0 saturated heterocycles. The molecule has 14 nitrogen and oxygen atoms in total. The molecule has 0 saturated carbocycles. The number of nitrogens with zero attached hydrogens (tertiary/aromatic N) is 4.